The molecule has 0 spiro atoms. The first-order valence-electron chi connectivity index (χ1n) is 8.50. The number of nitrogens with one attached hydrogen (secondary N) is 1. The summed E-state index contributed by atoms with van der Waals surface area (Å²) in [5.41, 5.74) is 2.29. The standard InChI is InChI=1S/C19H23N3O2S/c1-15-4-6-16(7-5-15)14-20-19(24)22-10-8-21(9-11-22)18(23)13-17-3-2-12-25-17/h2-7,12H,8-11,13-14H2,1H3,(H,20,24). The second-order valence-corrected chi connectivity index (χ2v) is 7.30. The van der Waals surface area contributed by atoms with E-state index in [4.69, 9.17) is 0 Å². The Labute approximate surface area is 152 Å². The Kier molecular flexibility index (Phi) is 5.71. The van der Waals surface area contributed by atoms with Crippen molar-refractivity contribution in [3.05, 3.63) is 57.8 Å². The van der Waals surface area contributed by atoms with Crippen molar-refractivity contribution in [2.45, 2.75) is 19.9 Å². The first kappa shape index (κ1) is 17.5. The van der Waals surface area contributed by atoms with Gasteiger partial charge in [0.1, 0.15) is 0 Å². The highest BCUT2D eigenvalue weighted by molar-refractivity contribution is 7.10. The van der Waals surface area contributed by atoms with Crippen LogP contribution < -0.4 is 5.32 Å². The highest BCUT2D eigenvalue weighted by Gasteiger charge is 2.24. The van der Waals surface area contributed by atoms with Crippen LogP contribution in [-0.4, -0.2) is 47.9 Å². The van der Waals surface area contributed by atoms with Gasteiger partial charge in [-0.2, -0.15) is 0 Å². The molecule has 0 bridgehead atoms. The van der Waals surface area contributed by atoms with Crippen molar-refractivity contribution in [2.75, 3.05) is 26.2 Å². The molecule has 1 aliphatic rings. The fourth-order valence-corrected chi connectivity index (χ4v) is 3.52. The Morgan fingerprint density at radius 3 is 2.36 bits per heavy atom. The number of amides is 3. The minimum absolute atomic E-state index is 0.0640. The quantitative estimate of drug-likeness (QED) is 0.915. The zero-order chi connectivity index (χ0) is 17.6. The summed E-state index contributed by atoms with van der Waals surface area (Å²) in [6, 6.07) is 12.0. The van der Waals surface area contributed by atoms with E-state index in [0.717, 1.165) is 10.4 Å². The van der Waals surface area contributed by atoms with Crippen LogP contribution in [0.5, 0.6) is 0 Å². The van der Waals surface area contributed by atoms with Crippen LogP contribution in [0, 0.1) is 6.92 Å². The van der Waals surface area contributed by atoms with Crippen LogP contribution in [0.3, 0.4) is 0 Å². The Morgan fingerprint density at radius 2 is 1.72 bits per heavy atom. The van der Waals surface area contributed by atoms with Crippen molar-refractivity contribution in [1.82, 2.24) is 15.1 Å². The molecule has 0 atom stereocenters. The van der Waals surface area contributed by atoms with Gasteiger partial charge in [0.15, 0.2) is 0 Å². The van der Waals surface area contributed by atoms with Gasteiger partial charge in [0.25, 0.3) is 0 Å². The van der Waals surface area contributed by atoms with E-state index < -0.39 is 0 Å². The van der Waals surface area contributed by atoms with Crippen molar-refractivity contribution in [1.29, 1.82) is 0 Å². The summed E-state index contributed by atoms with van der Waals surface area (Å²) in [5.74, 6) is 0.141. The molecule has 3 rings (SSSR count). The summed E-state index contributed by atoms with van der Waals surface area (Å²) in [5, 5.41) is 4.94. The van der Waals surface area contributed by atoms with Gasteiger partial charge in [-0.25, -0.2) is 4.79 Å². The SMILES string of the molecule is Cc1ccc(CNC(=O)N2CCN(C(=O)Cc3cccs3)CC2)cc1. The largest absolute Gasteiger partial charge is 0.339 e. The number of carbonyl (C=O) groups excluding carboxylic acids is 2. The predicted molar refractivity (Wildman–Crippen MR) is 99.6 cm³/mol. The zero-order valence-electron chi connectivity index (χ0n) is 14.4. The molecule has 0 saturated carbocycles. The number of nitrogens with zero attached hydrogens (tertiary/aromatic N) is 2. The predicted octanol–water partition coefficient (Wildman–Crippen LogP) is 2.65. The highest BCUT2D eigenvalue weighted by Crippen LogP contribution is 2.12. The number of piperazine rings is 1. The second-order valence-electron chi connectivity index (χ2n) is 6.27. The molecule has 3 amide bonds. The maximum Gasteiger partial charge on any atom is 0.317 e. The highest BCUT2D eigenvalue weighted by atomic mass is 32.1. The van der Waals surface area contributed by atoms with Crippen LogP contribution in [0.25, 0.3) is 0 Å². The van der Waals surface area contributed by atoms with E-state index in [9.17, 15) is 9.59 Å². The van der Waals surface area contributed by atoms with Gasteiger partial charge in [-0.3, -0.25) is 4.79 Å². The first-order valence-corrected chi connectivity index (χ1v) is 9.38. The topological polar surface area (TPSA) is 52.7 Å². The van der Waals surface area contributed by atoms with E-state index >= 15 is 0 Å². The van der Waals surface area contributed by atoms with Crippen LogP contribution in [0.1, 0.15) is 16.0 Å². The van der Waals surface area contributed by atoms with E-state index in [1.807, 2.05) is 53.6 Å². The summed E-state index contributed by atoms with van der Waals surface area (Å²) in [7, 11) is 0. The number of hydrogen-bond acceptors (Lipinski definition) is 3. The van der Waals surface area contributed by atoms with Crippen molar-refractivity contribution >= 4 is 23.3 Å². The number of hydrogen-bond donors (Lipinski definition) is 1. The van der Waals surface area contributed by atoms with E-state index in [2.05, 4.69) is 5.32 Å². The molecular formula is C19H23N3O2S. The third-order valence-corrected chi connectivity index (χ3v) is 5.27. The molecule has 132 valence electrons. The molecule has 1 aromatic carbocycles. The summed E-state index contributed by atoms with van der Waals surface area (Å²) in [6.45, 7) is 4.92. The number of rotatable bonds is 4. The van der Waals surface area contributed by atoms with Gasteiger partial charge in [-0.15, -0.1) is 11.3 Å². The maximum absolute atomic E-state index is 12.3. The molecular weight excluding hydrogens is 334 g/mol. The fourth-order valence-electron chi connectivity index (χ4n) is 2.83. The van der Waals surface area contributed by atoms with Gasteiger partial charge in [-0.05, 0) is 23.9 Å². The van der Waals surface area contributed by atoms with Gasteiger partial charge in [0, 0.05) is 37.6 Å². The monoisotopic (exact) mass is 357 g/mol. The molecule has 1 N–H and O–H groups in total. The minimum Gasteiger partial charge on any atom is -0.339 e. The average molecular weight is 357 g/mol. The van der Waals surface area contributed by atoms with Crippen molar-refractivity contribution < 1.29 is 9.59 Å². The van der Waals surface area contributed by atoms with E-state index in [0.29, 0.717) is 39.1 Å². The van der Waals surface area contributed by atoms with Gasteiger partial charge >= 0.3 is 6.03 Å². The Bertz CT molecular complexity index is 705. The summed E-state index contributed by atoms with van der Waals surface area (Å²) in [4.78, 5) is 29.3. The lowest BCUT2D eigenvalue weighted by molar-refractivity contribution is -0.131. The third kappa shape index (κ3) is 4.82. The molecule has 0 aliphatic carbocycles. The van der Waals surface area contributed by atoms with Crippen LogP contribution in [0.4, 0.5) is 4.79 Å². The normalized spacial score (nSPS) is 14.4. The molecule has 0 radical (unpaired) electrons. The fraction of sp³-hybridized carbons (Fsp3) is 0.368. The van der Waals surface area contributed by atoms with Gasteiger partial charge < -0.3 is 15.1 Å². The lowest BCUT2D eigenvalue weighted by Crippen LogP contribution is -2.53. The molecule has 1 fully saturated rings. The molecule has 0 unspecified atom stereocenters. The van der Waals surface area contributed by atoms with E-state index in [1.54, 1.807) is 16.2 Å². The average Bonchev–Trinajstić information content (AvgIpc) is 3.14. The maximum atomic E-state index is 12.3. The van der Waals surface area contributed by atoms with Crippen molar-refractivity contribution in [3.63, 3.8) is 0 Å². The molecule has 2 heterocycles. The van der Waals surface area contributed by atoms with Gasteiger partial charge in [-0.1, -0.05) is 35.9 Å². The summed E-state index contributed by atoms with van der Waals surface area (Å²) >= 11 is 1.60. The smallest absolute Gasteiger partial charge is 0.317 e. The molecule has 1 aromatic heterocycles. The van der Waals surface area contributed by atoms with E-state index in [-0.39, 0.29) is 11.9 Å². The van der Waals surface area contributed by atoms with Crippen LogP contribution in [-0.2, 0) is 17.8 Å². The van der Waals surface area contributed by atoms with Gasteiger partial charge in [0.2, 0.25) is 5.91 Å². The summed E-state index contributed by atoms with van der Waals surface area (Å²) in [6.07, 6.45) is 0.456. The molecule has 2 aromatic rings. The van der Waals surface area contributed by atoms with Crippen molar-refractivity contribution in [3.8, 4) is 0 Å². The van der Waals surface area contributed by atoms with E-state index in [1.165, 1.54) is 5.56 Å². The Hall–Kier alpha value is -2.34. The molecule has 5 nitrogen and oxygen atoms in total. The number of benzene rings is 1. The third-order valence-electron chi connectivity index (χ3n) is 4.39. The number of urea groups is 1. The molecule has 6 heteroatoms. The Balaban J connectivity index is 1.42. The first-order chi connectivity index (χ1) is 12.1. The second kappa shape index (κ2) is 8.16. The zero-order valence-corrected chi connectivity index (χ0v) is 15.2. The number of carbonyl (C=O) groups is 2. The van der Waals surface area contributed by atoms with Crippen molar-refractivity contribution in [2.24, 2.45) is 0 Å². The molecule has 1 saturated heterocycles. The van der Waals surface area contributed by atoms with Crippen LogP contribution >= 0.6 is 11.3 Å². The number of aryl methyl sites for hydroxylation is 1. The molecule has 1 aliphatic heterocycles. The lowest BCUT2D eigenvalue weighted by atomic mass is 10.1. The minimum atomic E-state index is -0.0640. The van der Waals surface area contributed by atoms with Gasteiger partial charge in [0.05, 0.1) is 6.42 Å². The lowest BCUT2D eigenvalue weighted by Gasteiger charge is -2.34. The Morgan fingerprint density at radius 1 is 1.04 bits per heavy atom. The van der Waals surface area contributed by atoms with Crippen LogP contribution in [0.15, 0.2) is 41.8 Å². The number of thiophene rings is 1. The molecule has 25 heavy (non-hydrogen) atoms. The van der Waals surface area contributed by atoms with Crippen LogP contribution in [0.2, 0.25) is 0 Å². The summed E-state index contributed by atoms with van der Waals surface area (Å²) < 4.78 is 0.